The van der Waals surface area contributed by atoms with Crippen LogP contribution in [0.2, 0.25) is 10.0 Å². The lowest BCUT2D eigenvalue weighted by Crippen LogP contribution is -2.29. The number of halogens is 2. The molecule has 0 radical (unpaired) electrons. The van der Waals surface area contributed by atoms with E-state index in [2.05, 4.69) is 9.53 Å². The van der Waals surface area contributed by atoms with Gasteiger partial charge in [-0.2, -0.15) is 4.79 Å². The highest BCUT2D eigenvalue weighted by Crippen LogP contribution is 2.28. The quantitative estimate of drug-likeness (QED) is 0.188. The van der Waals surface area contributed by atoms with Crippen LogP contribution < -0.4 is 0 Å². The monoisotopic (exact) mass is 390 g/mol. The first-order valence-electron chi connectivity index (χ1n) is 7.43. The molecule has 0 unspecified atom stereocenters. The van der Waals surface area contributed by atoms with Crippen LogP contribution >= 0.6 is 23.2 Å². The van der Waals surface area contributed by atoms with Crippen molar-refractivity contribution in [3.05, 3.63) is 74.7 Å². The SMILES string of the molecule is CCOC(=O)C(=[N+]=[N-])C(=O)c1cc(Cl)c(Cl)cc1C(=O)c1ccccc1. The predicted octanol–water partition coefficient (Wildman–Crippen LogP) is 3.64. The van der Waals surface area contributed by atoms with E-state index in [-0.39, 0.29) is 27.8 Å². The lowest BCUT2D eigenvalue weighted by atomic mass is 9.94. The fourth-order valence-corrected chi connectivity index (χ4v) is 2.50. The van der Waals surface area contributed by atoms with E-state index < -0.39 is 23.2 Å². The van der Waals surface area contributed by atoms with Gasteiger partial charge in [-0.25, -0.2) is 4.79 Å². The first-order valence-corrected chi connectivity index (χ1v) is 8.19. The first kappa shape index (κ1) is 19.5. The van der Waals surface area contributed by atoms with Crippen molar-refractivity contribution in [1.82, 2.24) is 0 Å². The van der Waals surface area contributed by atoms with E-state index >= 15 is 0 Å². The summed E-state index contributed by atoms with van der Waals surface area (Å²) in [7, 11) is 0. The molecule has 0 N–H and O–H groups in total. The van der Waals surface area contributed by atoms with Crippen molar-refractivity contribution in [1.29, 1.82) is 0 Å². The highest BCUT2D eigenvalue weighted by Gasteiger charge is 2.35. The molecule has 26 heavy (non-hydrogen) atoms. The van der Waals surface area contributed by atoms with Gasteiger partial charge >= 0.3 is 11.7 Å². The number of ketones is 2. The predicted molar refractivity (Wildman–Crippen MR) is 95.9 cm³/mol. The van der Waals surface area contributed by atoms with Crippen molar-refractivity contribution >= 4 is 46.4 Å². The molecule has 8 heteroatoms. The van der Waals surface area contributed by atoms with Gasteiger partial charge in [0.05, 0.1) is 16.7 Å². The smallest absolute Gasteiger partial charge is 0.446 e. The van der Waals surface area contributed by atoms with Crippen molar-refractivity contribution in [2.24, 2.45) is 0 Å². The summed E-state index contributed by atoms with van der Waals surface area (Å²) in [6, 6.07) is 10.5. The number of esters is 1. The third-order valence-electron chi connectivity index (χ3n) is 3.37. The molecule has 0 atom stereocenters. The third kappa shape index (κ3) is 4.06. The van der Waals surface area contributed by atoms with Gasteiger partial charge in [0.2, 0.25) is 0 Å². The Balaban J connectivity index is 2.60. The van der Waals surface area contributed by atoms with E-state index in [1.165, 1.54) is 13.0 Å². The van der Waals surface area contributed by atoms with Gasteiger partial charge in [0.15, 0.2) is 5.78 Å². The normalized spacial score (nSPS) is 9.96. The van der Waals surface area contributed by atoms with Gasteiger partial charge in [-0.3, -0.25) is 9.59 Å². The summed E-state index contributed by atoms with van der Waals surface area (Å²) in [5.41, 5.74) is 8.17. The van der Waals surface area contributed by atoms with E-state index in [0.29, 0.717) is 5.56 Å². The molecule has 2 aromatic carbocycles. The number of carbonyl (C=O) groups excluding carboxylic acids is 3. The minimum absolute atomic E-state index is 0.000719. The van der Waals surface area contributed by atoms with Gasteiger partial charge in [-0.05, 0) is 19.1 Å². The minimum atomic E-state index is -1.12. The molecule has 0 saturated heterocycles. The zero-order valence-electron chi connectivity index (χ0n) is 13.5. The lowest BCUT2D eigenvalue weighted by molar-refractivity contribution is -0.139. The van der Waals surface area contributed by atoms with Crippen molar-refractivity contribution in [2.75, 3.05) is 6.61 Å². The summed E-state index contributed by atoms with van der Waals surface area (Å²) < 4.78 is 4.68. The summed E-state index contributed by atoms with van der Waals surface area (Å²) in [4.78, 5) is 40.0. The van der Waals surface area contributed by atoms with Gasteiger partial charge in [0.1, 0.15) is 0 Å². The van der Waals surface area contributed by atoms with Gasteiger partial charge in [0.25, 0.3) is 5.78 Å². The Morgan fingerprint density at radius 3 is 2.15 bits per heavy atom. The Bertz CT molecular complexity index is 936. The Kier molecular flexibility index (Phi) is 6.41. The second-order valence-corrected chi connectivity index (χ2v) is 5.82. The third-order valence-corrected chi connectivity index (χ3v) is 4.09. The van der Waals surface area contributed by atoms with E-state index in [1.54, 1.807) is 30.3 Å². The maximum atomic E-state index is 12.8. The maximum Gasteiger partial charge on any atom is 0.446 e. The molecule has 0 aliphatic heterocycles. The number of hydrogen-bond donors (Lipinski definition) is 0. The second-order valence-electron chi connectivity index (χ2n) is 5.01. The number of nitrogens with zero attached hydrogens (tertiary/aromatic N) is 2. The summed E-state index contributed by atoms with van der Waals surface area (Å²) >= 11 is 11.9. The summed E-state index contributed by atoms with van der Waals surface area (Å²) in [6.07, 6.45) is 0. The van der Waals surface area contributed by atoms with Crippen molar-refractivity contribution in [2.45, 2.75) is 6.92 Å². The lowest BCUT2D eigenvalue weighted by Gasteiger charge is -2.08. The van der Waals surface area contributed by atoms with Crippen molar-refractivity contribution in [3.63, 3.8) is 0 Å². The van der Waals surface area contributed by atoms with Crippen molar-refractivity contribution < 1.29 is 23.9 Å². The topological polar surface area (TPSA) is 96.8 Å². The fourth-order valence-electron chi connectivity index (χ4n) is 2.17. The van der Waals surface area contributed by atoms with Gasteiger partial charge in [-0.15, -0.1) is 0 Å². The Morgan fingerprint density at radius 1 is 1.04 bits per heavy atom. The van der Waals surface area contributed by atoms with Crippen LogP contribution in [0.1, 0.15) is 33.2 Å². The molecule has 0 heterocycles. The van der Waals surface area contributed by atoms with Crippen LogP contribution in [0.15, 0.2) is 42.5 Å². The van der Waals surface area contributed by atoms with Crippen LogP contribution in [0.5, 0.6) is 0 Å². The average molecular weight is 391 g/mol. The average Bonchev–Trinajstić information content (AvgIpc) is 2.64. The molecule has 0 aliphatic carbocycles. The Morgan fingerprint density at radius 2 is 1.62 bits per heavy atom. The Hall–Kier alpha value is -2.79. The fraction of sp³-hybridized carbons (Fsp3) is 0.111. The molecule has 0 bridgehead atoms. The summed E-state index contributed by atoms with van der Waals surface area (Å²) in [6.45, 7) is 1.50. The summed E-state index contributed by atoms with van der Waals surface area (Å²) in [5, 5.41) is 0.0573. The van der Waals surface area contributed by atoms with Crippen LogP contribution in [0.4, 0.5) is 0 Å². The molecular formula is C18H12Cl2N2O4. The molecule has 2 aromatic rings. The van der Waals surface area contributed by atoms with Crippen LogP contribution in [0.3, 0.4) is 0 Å². The zero-order chi connectivity index (χ0) is 19.3. The standard InChI is InChI=1S/C18H12Cl2N2O4/c1-2-26-18(25)15(22-21)17(24)12-9-14(20)13(19)8-11(12)16(23)10-6-4-3-5-7-10/h3-9H,2H2,1H3. The number of benzene rings is 2. The molecule has 0 spiro atoms. The number of carbonyl (C=O) groups is 3. The van der Waals surface area contributed by atoms with Crippen LogP contribution in [0.25, 0.3) is 5.53 Å². The molecular weight excluding hydrogens is 379 g/mol. The van der Waals surface area contributed by atoms with E-state index in [4.69, 9.17) is 28.7 Å². The molecule has 132 valence electrons. The van der Waals surface area contributed by atoms with E-state index in [0.717, 1.165) is 6.07 Å². The largest absolute Gasteiger partial charge is 0.457 e. The van der Waals surface area contributed by atoms with Crippen LogP contribution in [0, 0.1) is 0 Å². The van der Waals surface area contributed by atoms with Gasteiger partial charge in [-0.1, -0.05) is 53.5 Å². The molecule has 0 amide bonds. The molecule has 0 aromatic heterocycles. The molecule has 6 nitrogen and oxygen atoms in total. The maximum absolute atomic E-state index is 12.8. The van der Waals surface area contributed by atoms with Crippen LogP contribution in [-0.2, 0) is 9.53 Å². The molecule has 2 rings (SSSR count). The highest BCUT2D eigenvalue weighted by molar-refractivity contribution is 6.66. The number of rotatable bonds is 6. The number of ether oxygens (including phenoxy) is 1. The van der Waals surface area contributed by atoms with Gasteiger partial charge < -0.3 is 10.3 Å². The minimum Gasteiger partial charge on any atom is -0.457 e. The first-order chi connectivity index (χ1) is 12.4. The zero-order valence-corrected chi connectivity index (χ0v) is 15.0. The summed E-state index contributed by atoms with van der Waals surface area (Å²) in [5.74, 6) is -2.64. The van der Waals surface area contributed by atoms with E-state index in [1.807, 2.05) is 0 Å². The second kappa shape index (κ2) is 8.54. The number of Topliss-reactive ketones (excluding diaryl/α,β-unsaturated/α-hetero) is 1. The van der Waals surface area contributed by atoms with Crippen LogP contribution in [-0.4, -0.2) is 34.6 Å². The van der Waals surface area contributed by atoms with E-state index in [9.17, 15) is 14.4 Å². The Labute approximate surface area is 158 Å². The molecule has 0 fully saturated rings. The van der Waals surface area contributed by atoms with Gasteiger partial charge in [0, 0.05) is 16.7 Å². The molecule has 0 saturated carbocycles. The van der Waals surface area contributed by atoms with Crippen molar-refractivity contribution in [3.8, 4) is 0 Å². The number of hydrogen-bond acceptors (Lipinski definition) is 4. The molecule has 0 aliphatic rings. The highest BCUT2D eigenvalue weighted by atomic mass is 35.5.